The summed E-state index contributed by atoms with van der Waals surface area (Å²) in [5.41, 5.74) is 1.95. The van der Waals surface area contributed by atoms with Gasteiger partial charge in [0.25, 0.3) is 0 Å². The predicted molar refractivity (Wildman–Crippen MR) is 59.1 cm³/mol. The summed E-state index contributed by atoms with van der Waals surface area (Å²) >= 11 is 1.42. The second-order valence-electron chi connectivity index (χ2n) is 2.85. The highest BCUT2D eigenvalue weighted by atomic mass is 32.1. The fourth-order valence-corrected chi connectivity index (χ4v) is 1.68. The molecule has 0 saturated carbocycles. The molecule has 0 bridgehead atoms. The summed E-state index contributed by atoms with van der Waals surface area (Å²) in [4.78, 5) is 24.4. The van der Waals surface area contributed by atoms with Crippen LogP contribution in [0.2, 0.25) is 0 Å². The van der Waals surface area contributed by atoms with Gasteiger partial charge in [0.05, 0.1) is 17.0 Å². The van der Waals surface area contributed by atoms with Crippen molar-refractivity contribution in [1.82, 2.24) is 15.0 Å². The minimum Gasteiger partial charge on any atom is -0.461 e. The number of carbonyl (C=O) groups excluding carboxylic acids is 1. The van der Waals surface area contributed by atoms with E-state index in [9.17, 15) is 4.79 Å². The lowest BCUT2D eigenvalue weighted by atomic mass is 10.4. The third-order valence-electron chi connectivity index (χ3n) is 1.79. The second-order valence-corrected chi connectivity index (χ2v) is 3.74. The Morgan fingerprint density at radius 3 is 3.12 bits per heavy atom. The van der Waals surface area contributed by atoms with E-state index in [-0.39, 0.29) is 5.69 Å². The topological polar surface area (TPSA) is 65.0 Å². The maximum Gasteiger partial charge on any atom is 0.357 e. The van der Waals surface area contributed by atoms with Crippen molar-refractivity contribution in [3.63, 3.8) is 0 Å². The number of rotatable bonds is 3. The van der Waals surface area contributed by atoms with Crippen LogP contribution in [0.25, 0.3) is 10.7 Å². The molecule has 0 N–H and O–H groups in total. The van der Waals surface area contributed by atoms with Crippen molar-refractivity contribution in [2.24, 2.45) is 0 Å². The van der Waals surface area contributed by atoms with Crippen LogP contribution in [0.15, 0.2) is 24.0 Å². The van der Waals surface area contributed by atoms with Crippen molar-refractivity contribution in [2.45, 2.75) is 6.92 Å². The highest BCUT2D eigenvalue weighted by Crippen LogP contribution is 2.18. The molecule has 0 aromatic carbocycles. The Bertz CT molecular complexity index is 485. The summed E-state index contributed by atoms with van der Waals surface area (Å²) in [5, 5.41) is 0. The van der Waals surface area contributed by atoms with Crippen molar-refractivity contribution in [3.8, 4) is 10.7 Å². The van der Waals surface area contributed by atoms with E-state index >= 15 is 0 Å². The number of hydrogen-bond acceptors (Lipinski definition) is 6. The Balaban J connectivity index is 2.30. The van der Waals surface area contributed by atoms with Crippen LogP contribution in [0.1, 0.15) is 17.4 Å². The highest BCUT2D eigenvalue weighted by molar-refractivity contribution is 7.13. The van der Waals surface area contributed by atoms with Crippen molar-refractivity contribution >= 4 is 17.3 Å². The average molecular weight is 235 g/mol. The van der Waals surface area contributed by atoms with E-state index in [1.165, 1.54) is 23.6 Å². The molecule has 0 atom stereocenters. The van der Waals surface area contributed by atoms with E-state index in [0.717, 1.165) is 4.88 Å². The van der Waals surface area contributed by atoms with Gasteiger partial charge in [0.1, 0.15) is 0 Å². The van der Waals surface area contributed by atoms with Gasteiger partial charge in [0.2, 0.25) is 0 Å². The van der Waals surface area contributed by atoms with Gasteiger partial charge in [-0.15, -0.1) is 11.3 Å². The van der Waals surface area contributed by atoms with Crippen molar-refractivity contribution in [2.75, 3.05) is 6.61 Å². The van der Waals surface area contributed by atoms with E-state index < -0.39 is 5.97 Å². The molecule has 0 radical (unpaired) electrons. The summed E-state index contributed by atoms with van der Waals surface area (Å²) in [5.74, 6) is 0.0590. The number of ether oxygens (including phenoxy) is 1. The number of aromatic nitrogens is 3. The minimum atomic E-state index is -0.435. The summed E-state index contributed by atoms with van der Waals surface area (Å²) in [6.07, 6.45) is 3.20. The van der Waals surface area contributed by atoms with Crippen LogP contribution in [-0.4, -0.2) is 27.5 Å². The molecule has 2 aromatic rings. The third kappa shape index (κ3) is 2.22. The Kier molecular flexibility index (Phi) is 3.21. The van der Waals surface area contributed by atoms with E-state index in [1.807, 2.05) is 0 Å². The largest absolute Gasteiger partial charge is 0.461 e. The van der Waals surface area contributed by atoms with E-state index in [4.69, 9.17) is 4.74 Å². The standard InChI is InChI=1S/C10H9N3O2S/c1-2-15-10(14)7-3-4-12-9(13-7)8-5-11-6-16-8/h3-6H,2H2,1H3. The van der Waals surface area contributed by atoms with Crippen LogP contribution >= 0.6 is 11.3 Å². The van der Waals surface area contributed by atoms with Gasteiger partial charge >= 0.3 is 5.97 Å². The molecule has 0 saturated heterocycles. The molecule has 6 heteroatoms. The number of hydrogen-bond donors (Lipinski definition) is 0. The fourth-order valence-electron chi connectivity index (χ4n) is 1.12. The van der Waals surface area contributed by atoms with Gasteiger partial charge in [-0.05, 0) is 13.0 Å². The maximum absolute atomic E-state index is 11.4. The smallest absolute Gasteiger partial charge is 0.357 e. The van der Waals surface area contributed by atoms with Gasteiger partial charge in [-0.25, -0.2) is 14.8 Å². The first-order valence-corrected chi connectivity index (χ1v) is 5.58. The lowest BCUT2D eigenvalue weighted by molar-refractivity contribution is 0.0519. The quantitative estimate of drug-likeness (QED) is 0.759. The fraction of sp³-hybridized carbons (Fsp3) is 0.200. The zero-order valence-electron chi connectivity index (χ0n) is 8.58. The minimum absolute atomic E-state index is 0.264. The van der Waals surface area contributed by atoms with Crippen LogP contribution < -0.4 is 0 Å². The van der Waals surface area contributed by atoms with Crippen molar-refractivity contribution in [1.29, 1.82) is 0 Å². The summed E-state index contributed by atoms with van der Waals surface area (Å²) in [6, 6.07) is 1.53. The zero-order valence-corrected chi connectivity index (χ0v) is 9.40. The summed E-state index contributed by atoms with van der Waals surface area (Å²) in [7, 11) is 0. The zero-order chi connectivity index (χ0) is 11.4. The molecular formula is C10H9N3O2S. The molecule has 0 aliphatic carbocycles. The molecule has 2 heterocycles. The summed E-state index contributed by atoms with van der Waals surface area (Å²) in [6.45, 7) is 2.09. The third-order valence-corrected chi connectivity index (χ3v) is 2.56. The normalized spacial score (nSPS) is 10.1. The average Bonchev–Trinajstić information content (AvgIpc) is 2.83. The SMILES string of the molecule is CCOC(=O)c1ccnc(-c2cncs2)n1. The predicted octanol–water partition coefficient (Wildman–Crippen LogP) is 1.78. The van der Waals surface area contributed by atoms with Crippen molar-refractivity contribution in [3.05, 3.63) is 29.7 Å². The molecule has 0 amide bonds. The van der Waals surface area contributed by atoms with Gasteiger partial charge in [-0.1, -0.05) is 0 Å². The lowest BCUT2D eigenvalue weighted by Crippen LogP contribution is -2.07. The van der Waals surface area contributed by atoms with E-state index in [1.54, 1.807) is 18.6 Å². The highest BCUT2D eigenvalue weighted by Gasteiger charge is 2.10. The monoisotopic (exact) mass is 235 g/mol. The Morgan fingerprint density at radius 1 is 1.56 bits per heavy atom. The molecule has 0 aliphatic heterocycles. The van der Waals surface area contributed by atoms with Crippen molar-refractivity contribution < 1.29 is 9.53 Å². The molecule has 2 rings (SSSR count). The maximum atomic E-state index is 11.4. The molecule has 0 fully saturated rings. The number of thiazole rings is 1. The molecule has 2 aromatic heterocycles. The second kappa shape index (κ2) is 4.80. The Morgan fingerprint density at radius 2 is 2.44 bits per heavy atom. The first-order valence-electron chi connectivity index (χ1n) is 4.70. The summed E-state index contributed by atoms with van der Waals surface area (Å²) < 4.78 is 4.86. The molecule has 0 unspecified atom stereocenters. The first-order chi connectivity index (χ1) is 7.81. The van der Waals surface area contributed by atoms with E-state index in [0.29, 0.717) is 12.4 Å². The van der Waals surface area contributed by atoms with Gasteiger partial charge < -0.3 is 4.74 Å². The number of nitrogens with zero attached hydrogens (tertiary/aromatic N) is 3. The Labute approximate surface area is 96.2 Å². The van der Waals surface area contributed by atoms with Gasteiger partial charge in [-0.2, -0.15) is 0 Å². The Hall–Kier alpha value is -1.82. The van der Waals surface area contributed by atoms with Crippen LogP contribution in [0.5, 0.6) is 0 Å². The van der Waals surface area contributed by atoms with Crippen LogP contribution in [-0.2, 0) is 4.74 Å². The molecule has 0 spiro atoms. The molecule has 5 nitrogen and oxygen atoms in total. The van der Waals surface area contributed by atoms with Gasteiger partial charge in [0.15, 0.2) is 11.5 Å². The van der Waals surface area contributed by atoms with Crippen LogP contribution in [0, 0.1) is 0 Å². The molecule has 82 valence electrons. The first kappa shape index (κ1) is 10.7. The lowest BCUT2D eigenvalue weighted by Gasteiger charge is -2.01. The van der Waals surface area contributed by atoms with E-state index in [2.05, 4.69) is 15.0 Å². The molecule has 16 heavy (non-hydrogen) atoms. The number of carbonyl (C=O) groups is 1. The van der Waals surface area contributed by atoms with Crippen LogP contribution in [0.4, 0.5) is 0 Å². The van der Waals surface area contributed by atoms with Gasteiger partial charge in [-0.3, -0.25) is 4.98 Å². The number of esters is 1. The molecular weight excluding hydrogens is 226 g/mol. The van der Waals surface area contributed by atoms with Gasteiger partial charge in [0, 0.05) is 12.4 Å². The molecule has 0 aliphatic rings. The van der Waals surface area contributed by atoms with Crippen LogP contribution in [0.3, 0.4) is 0 Å².